The largest absolute Gasteiger partial charge is 0.507 e. The number of carbonyl (C=O) groups excluding carboxylic acids is 2. The van der Waals surface area contributed by atoms with E-state index in [0.29, 0.717) is 24.2 Å². The highest BCUT2D eigenvalue weighted by Crippen LogP contribution is 2.23. The van der Waals surface area contributed by atoms with Crippen LogP contribution in [0.2, 0.25) is 0 Å². The van der Waals surface area contributed by atoms with Gasteiger partial charge in [0, 0.05) is 5.56 Å². The molecule has 0 aromatic heterocycles. The molecule has 2 rings (SSSR count). The fourth-order valence-electron chi connectivity index (χ4n) is 2.54. The van der Waals surface area contributed by atoms with E-state index < -0.39 is 5.97 Å². The highest BCUT2D eigenvalue weighted by Gasteiger charge is 2.13. The Bertz CT molecular complexity index is 764. The third kappa shape index (κ3) is 3.93. The first kappa shape index (κ1) is 17.5. The number of aryl methyl sites for hydroxylation is 2. The molecule has 5 heteroatoms. The second-order valence-electron chi connectivity index (χ2n) is 5.42. The zero-order chi connectivity index (χ0) is 17.7. The molecule has 0 unspecified atom stereocenters. The Morgan fingerprint density at radius 1 is 1.00 bits per heavy atom. The molecule has 0 heterocycles. The Morgan fingerprint density at radius 3 is 2.38 bits per heavy atom. The highest BCUT2D eigenvalue weighted by molar-refractivity contribution is 5.95. The van der Waals surface area contributed by atoms with Gasteiger partial charge in [-0.1, -0.05) is 6.07 Å². The number of rotatable bonds is 6. The van der Waals surface area contributed by atoms with E-state index in [4.69, 9.17) is 4.74 Å². The highest BCUT2D eigenvalue weighted by atomic mass is 16.5. The number of carbonyl (C=O) groups is 2. The van der Waals surface area contributed by atoms with Crippen LogP contribution < -0.4 is 4.74 Å². The third-order valence-electron chi connectivity index (χ3n) is 3.84. The van der Waals surface area contributed by atoms with Gasteiger partial charge in [0.25, 0.3) is 0 Å². The molecule has 1 N–H and O–H groups in total. The molecule has 126 valence electrons. The van der Waals surface area contributed by atoms with E-state index in [1.807, 2.05) is 6.07 Å². The van der Waals surface area contributed by atoms with Crippen LogP contribution in [0.3, 0.4) is 0 Å². The van der Waals surface area contributed by atoms with Crippen LogP contribution in [-0.2, 0) is 17.6 Å². The predicted octanol–water partition coefficient (Wildman–Crippen LogP) is 3.18. The van der Waals surface area contributed by atoms with Crippen LogP contribution in [0, 0.1) is 0 Å². The van der Waals surface area contributed by atoms with Gasteiger partial charge < -0.3 is 14.6 Å². The van der Waals surface area contributed by atoms with E-state index in [0.717, 1.165) is 11.1 Å². The number of aromatic hydroxyl groups is 1. The maximum Gasteiger partial charge on any atom is 0.341 e. The van der Waals surface area contributed by atoms with Crippen molar-refractivity contribution in [3.05, 3.63) is 58.7 Å². The molecule has 24 heavy (non-hydrogen) atoms. The van der Waals surface area contributed by atoms with Crippen LogP contribution in [0.4, 0.5) is 0 Å². The molecule has 0 aliphatic rings. The molecule has 0 aliphatic heterocycles. The van der Waals surface area contributed by atoms with Crippen molar-refractivity contribution in [2.75, 3.05) is 14.2 Å². The van der Waals surface area contributed by atoms with Gasteiger partial charge in [-0.2, -0.15) is 0 Å². The SMILES string of the molecule is COC(=O)c1cc(CCc2cc(OC)ccc2C(C)=O)ccc1O. The molecule has 0 saturated heterocycles. The number of ketones is 1. The molecule has 0 fully saturated rings. The number of benzene rings is 2. The maximum absolute atomic E-state index is 11.8. The Balaban J connectivity index is 2.25. The molecule has 0 bridgehead atoms. The van der Waals surface area contributed by atoms with E-state index in [1.165, 1.54) is 20.1 Å². The summed E-state index contributed by atoms with van der Waals surface area (Å²) in [4.78, 5) is 23.4. The lowest BCUT2D eigenvalue weighted by atomic mass is 9.96. The maximum atomic E-state index is 11.8. The zero-order valence-corrected chi connectivity index (χ0v) is 14.0. The van der Waals surface area contributed by atoms with Crippen molar-refractivity contribution in [3.63, 3.8) is 0 Å². The lowest BCUT2D eigenvalue weighted by Gasteiger charge is -2.10. The number of hydrogen-bond donors (Lipinski definition) is 1. The standard InChI is InChI=1S/C19H20O5/c1-12(20)16-8-7-15(23-2)11-14(16)6-4-13-5-9-18(21)17(10-13)19(22)24-3/h5,7-11,21H,4,6H2,1-3H3. The van der Waals surface area contributed by atoms with Gasteiger partial charge in [-0.15, -0.1) is 0 Å². The Labute approximate surface area is 140 Å². The molecule has 2 aromatic carbocycles. The topological polar surface area (TPSA) is 72.8 Å². The monoisotopic (exact) mass is 328 g/mol. The van der Waals surface area contributed by atoms with Crippen LogP contribution in [-0.4, -0.2) is 31.1 Å². The van der Waals surface area contributed by atoms with E-state index in [-0.39, 0.29) is 17.1 Å². The van der Waals surface area contributed by atoms with E-state index in [2.05, 4.69) is 4.74 Å². The number of phenolic OH excluding ortho intramolecular Hbond substituents is 1. The molecule has 0 amide bonds. The Kier molecular flexibility index (Phi) is 5.58. The molecule has 0 saturated carbocycles. The molecule has 0 radical (unpaired) electrons. The molecular formula is C19H20O5. The molecule has 0 atom stereocenters. The van der Waals surface area contributed by atoms with Crippen molar-refractivity contribution in [2.24, 2.45) is 0 Å². The van der Waals surface area contributed by atoms with Crippen molar-refractivity contribution < 1.29 is 24.2 Å². The van der Waals surface area contributed by atoms with Gasteiger partial charge in [-0.05, 0) is 61.2 Å². The summed E-state index contributed by atoms with van der Waals surface area (Å²) < 4.78 is 9.87. The molecule has 0 spiro atoms. The van der Waals surface area contributed by atoms with Gasteiger partial charge in [-0.3, -0.25) is 4.79 Å². The molecule has 0 aliphatic carbocycles. The lowest BCUT2D eigenvalue weighted by molar-refractivity contribution is 0.0597. The van der Waals surface area contributed by atoms with Crippen molar-refractivity contribution in [3.8, 4) is 11.5 Å². The molecular weight excluding hydrogens is 308 g/mol. The first-order chi connectivity index (χ1) is 11.5. The zero-order valence-electron chi connectivity index (χ0n) is 14.0. The summed E-state index contributed by atoms with van der Waals surface area (Å²) in [6, 6.07) is 10.2. The summed E-state index contributed by atoms with van der Waals surface area (Å²) >= 11 is 0. The second kappa shape index (κ2) is 7.64. The third-order valence-corrected chi connectivity index (χ3v) is 3.84. The minimum Gasteiger partial charge on any atom is -0.507 e. The van der Waals surface area contributed by atoms with Gasteiger partial charge in [0.2, 0.25) is 0 Å². The number of phenols is 1. The Hall–Kier alpha value is -2.82. The van der Waals surface area contributed by atoms with E-state index in [9.17, 15) is 14.7 Å². The number of methoxy groups -OCH3 is 2. The van der Waals surface area contributed by atoms with Crippen molar-refractivity contribution in [1.29, 1.82) is 0 Å². The summed E-state index contributed by atoms with van der Waals surface area (Å²) in [5, 5.41) is 9.74. The van der Waals surface area contributed by atoms with Crippen molar-refractivity contribution in [1.82, 2.24) is 0 Å². The lowest BCUT2D eigenvalue weighted by Crippen LogP contribution is -2.04. The average molecular weight is 328 g/mol. The van der Waals surface area contributed by atoms with Crippen molar-refractivity contribution >= 4 is 11.8 Å². The summed E-state index contributed by atoms with van der Waals surface area (Å²) in [7, 11) is 2.85. The summed E-state index contributed by atoms with van der Waals surface area (Å²) in [6.45, 7) is 1.53. The van der Waals surface area contributed by atoms with Gasteiger partial charge >= 0.3 is 5.97 Å². The van der Waals surface area contributed by atoms with Gasteiger partial charge in [0.1, 0.15) is 17.1 Å². The van der Waals surface area contributed by atoms with Crippen LogP contribution >= 0.6 is 0 Å². The van der Waals surface area contributed by atoms with Gasteiger partial charge in [0.15, 0.2) is 5.78 Å². The van der Waals surface area contributed by atoms with Gasteiger partial charge in [0.05, 0.1) is 14.2 Å². The number of Topliss-reactive ketones (excluding diaryl/α,β-unsaturated/α-hetero) is 1. The number of esters is 1. The fourth-order valence-corrected chi connectivity index (χ4v) is 2.54. The second-order valence-corrected chi connectivity index (χ2v) is 5.42. The number of ether oxygens (including phenoxy) is 2. The van der Waals surface area contributed by atoms with Crippen LogP contribution in [0.1, 0.15) is 38.8 Å². The first-order valence-corrected chi connectivity index (χ1v) is 7.54. The minimum atomic E-state index is -0.583. The van der Waals surface area contributed by atoms with Crippen LogP contribution in [0.15, 0.2) is 36.4 Å². The Morgan fingerprint density at radius 2 is 1.75 bits per heavy atom. The first-order valence-electron chi connectivity index (χ1n) is 7.54. The average Bonchev–Trinajstić information content (AvgIpc) is 2.59. The molecule has 2 aromatic rings. The van der Waals surface area contributed by atoms with Crippen LogP contribution in [0.5, 0.6) is 11.5 Å². The fraction of sp³-hybridized carbons (Fsp3) is 0.263. The van der Waals surface area contributed by atoms with Crippen molar-refractivity contribution in [2.45, 2.75) is 19.8 Å². The van der Waals surface area contributed by atoms with E-state index >= 15 is 0 Å². The normalized spacial score (nSPS) is 10.3. The minimum absolute atomic E-state index is 0.00592. The summed E-state index contributed by atoms with van der Waals surface area (Å²) in [5.41, 5.74) is 2.54. The van der Waals surface area contributed by atoms with Crippen LogP contribution in [0.25, 0.3) is 0 Å². The quantitative estimate of drug-likeness (QED) is 0.651. The molecule has 5 nitrogen and oxygen atoms in total. The van der Waals surface area contributed by atoms with E-state index in [1.54, 1.807) is 31.4 Å². The smallest absolute Gasteiger partial charge is 0.341 e. The van der Waals surface area contributed by atoms with Gasteiger partial charge in [-0.25, -0.2) is 4.79 Å². The summed E-state index contributed by atoms with van der Waals surface area (Å²) in [5.74, 6) is -0.0128. The number of hydrogen-bond acceptors (Lipinski definition) is 5. The summed E-state index contributed by atoms with van der Waals surface area (Å²) in [6.07, 6.45) is 1.22. The predicted molar refractivity (Wildman–Crippen MR) is 89.9 cm³/mol.